The normalized spacial score (nSPS) is 17.4. The average molecular weight is 1490 g/mol. The number of hydrogen-bond acceptors (Lipinski definition) is 18. The molecule has 2 saturated heterocycles. The van der Waals surface area contributed by atoms with Crippen molar-refractivity contribution in [2.24, 2.45) is 41.2 Å². The van der Waals surface area contributed by atoms with Crippen molar-refractivity contribution in [1.82, 2.24) is 35.6 Å². The lowest BCUT2D eigenvalue weighted by Gasteiger charge is -2.41. The van der Waals surface area contributed by atoms with Gasteiger partial charge in [-0.05, 0) is 104 Å². The number of amides is 9. The first-order valence-corrected chi connectivity index (χ1v) is 38.4. The molecule has 0 spiro atoms. The van der Waals surface area contributed by atoms with E-state index in [0.29, 0.717) is 87.7 Å². The quantitative estimate of drug-likeness (QED) is 0.0203. The second-order valence-electron chi connectivity index (χ2n) is 29.5. The molecule has 26 heteroatoms. The van der Waals surface area contributed by atoms with Gasteiger partial charge in [0.2, 0.25) is 35.4 Å². The lowest BCUT2D eigenvalue weighted by Crippen LogP contribution is -2.56. The molecule has 106 heavy (non-hydrogen) atoms. The van der Waals surface area contributed by atoms with Crippen molar-refractivity contribution in [3.63, 3.8) is 0 Å². The summed E-state index contributed by atoms with van der Waals surface area (Å²) in [5, 5.41) is 13.8. The number of nitrogens with zero attached hydrogens (tertiary/aromatic N) is 4. The first-order valence-electron chi connectivity index (χ1n) is 37.5. The molecule has 7 rings (SSSR count). The molecule has 3 aromatic carbocycles. The van der Waals surface area contributed by atoms with Crippen LogP contribution in [0.2, 0.25) is 0 Å². The number of primary amides is 1. The Morgan fingerprint density at radius 3 is 2.06 bits per heavy atom. The number of carbonyl (C=O) groups is 12. The molecule has 4 aromatic rings. The maximum absolute atomic E-state index is 15.0. The number of thiazole rings is 1. The van der Waals surface area contributed by atoms with Crippen LogP contribution in [0.3, 0.4) is 0 Å². The fraction of sp³-hybridized carbons (Fsp3) is 0.588. The monoisotopic (exact) mass is 1490 g/mol. The van der Waals surface area contributed by atoms with Crippen molar-refractivity contribution in [2.45, 2.75) is 212 Å². The summed E-state index contributed by atoms with van der Waals surface area (Å²) in [6.07, 6.45) is 5.68. The maximum atomic E-state index is 15.0. The number of aryl methyl sites for hydroxylation is 1. The van der Waals surface area contributed by atoms with Crippen LogP contribution in [0.5, 0.6) is 0 Å². The number of alkyl carbamates (subject to hydrolysis) is 1. The summed E-state index contributed by atoms with van der Waals surface area (Å²) in [7, 11) is 4.84. The van der Waals surface area contributed by atoms with E-state index in [0.717, 1.165) is 22.6 Å². The fourth-order valence-corrected chi connectivity index (χ4v) is 15.5. The minimum absolute atomic E-state index is 0.0344. The highest BCUT2D eigenvalue weighted by Crippen LogP contribution is 2.37. The fourth-order valence-electron chi connectivity index (χ4n) is 14.8. The van der Waals surface area contributed by atoms with Crippen LogP contribution in [0.25, 0.3) is 0 Å². The zero-order valence-electron chi connectivity index (χ0n) is 63.4. The van der Waals surface area contributed by atoms with Crippen molar-refractivity contribution >= 4 is 87.7 Å². The highest BCUT2D eigenvalue weighted by atomic mass is 32.1. The molecule has 3 heterocycles. The van der Waals surface area contributed by atoms with Gasteiger partial charge in [-0.25, -0.2) is 14.6 Å². The number of likely N-dealkylation sites (N-methyl/N-ethyl adjacent to an activating group) is 1. The van der Waals surface area contributed by atoms with Crippen molar-refractivity contribution in [1.29, 1.82) is 0 Å². The van der Waals surface area contributed by atoms with Crippen LogP contribution >= 0.6 is 11.3 Å². The topological polar surface area (TPSA) is 339 Å². The van der Waals surface area contributed by atoms with Crippen LogP contribution in [0.4, 0.5) is 15.3 Å². The number of imide groups is 1. The maximum Gasteiger partial charge on any atom is 0.408 e. The molecule has 6 N–H and O–H groups in total. The molecule has 25 nitrogen and oxygen atoms in total. The van der Waals surface area contributed by atoms with E-state index in [1.54, 1.807) is 82.6 Å². The van der Waals surface area contributed by atoms with Gasteiger partial charge in [0.15, 0.2) is 17.3 Å². The summed E-state index contributed by atoms with van der Waals surface area (Å²) < 4.78 is 23.5. The lowest BCUT2D eigenvalue weighted by molar-refractivity contribution is -0.152. The first-order chi connectivity index (χ1) is 50.6. The number of methoxy groups -OCH3 is 2. The Balaban J connectivity index is 0.899. The number of anilines is 1. The molecule has 578 valence electrons. The molecule has 1 aliphatic carbocycles. The summed E-state index contributed by atoms with van der Waals surface area (Å²) >= 11 is 1.53. The zero-order chi connectivity index (χ0) is 77.2. The molecule has 9 amide bonds. The van der Waals surface area contributed by atoms with E-state index >= 15 is 4.79 Å². The number of ketones is 4. The van der Waals surface area contributed by atoms with Gasteiger partial charge >= 0.3 is 12.1 Å². The third kappa shape index (κ3) is 24.5. The summed E-state index contributed by atoms with van der Waals surface area (Å²) in [6.45, 7) is 13.2. The number of nitrogens with two attached hydrogens (primary N) is 1. The molecule has 0 radical (unpaired) electrons. The molecule has 3 aliphatic rings. The minimum atomic E-state index is -1.29. The SMILES string of the molecule is CC[C@H](C)[C@@H]([C@@H](CC(=O)N1CCC[C@H]1[C@H](OC)[C@@H](C)C(=O)C[C@@H](Cc1ccccc1)c1nccs1)OC)N(C)C(=O)[C@@H](CC(=O)C1(NC(=O)OCc2ccc(NC(=O)[C@H](CCCNC(N)=O)CC(=O)[C@@H](NC(=O)COCC(=O)Cc3ccc(CCC(=O)N4CCC4=O)cc3)C(C)C)cc2)CCCC1)C(C)C. The van der Waals surface area contributed by atoms with Gasteiger partial charge in [0, 0.05) is 120 Å². The van der Waals surface area contributed by atoms with Gasteiger partial charge in [-0.3, -0.25) is 52.8 Å². The van der Waals surface area contributed by atoms with Crippen LogP contribution in [-0.4, -0.2) is 180 Å². The Morgan fingerprint density at radius 2 is 1.45 bits per heavy atom. The number of benzene rings is 3. The number of hydrogen-bond donors (Lipinski definition) is 5. The van der Waals surface area contributed by atoms with Gasteiger partial charge in [-0.2, -0.15) is 0 Å². The van der Waals surface area contributed by atoms with Crippen LogP contribution in [0.15, 0.2) is 90.4 Å². The average Bonchev–Trinajstić information content (AvgIpc) is 1.51. The van der Waals surface area contributed by atoms with E-state index in [1.165, 1.54) is 16.2 Å². The van der Waals surface area contributed by atoms with Crippen LogP contribution in [0, 0.1) is 35.5 Å². The predicted octanol–water partition coefficient (Wildman–Crippen LogP) is 9.44. The third-order valence-electron chi connectivity index (χ3n) is 21.3. The summed E-state index contributed by atoms with van der Waals surface area (Å²) in [5.41, 5.74) is 7.62. The highest BCUT2D eigenvalue weighted by molar-refractivity contribution is 7.09. The predicted molar refractivity (Wildman–Crippen MR) is 401 cm³/mol. The van der Waals surface area contributed by atoms with Crippen molar-refractivity contribution < 1.29 is 76.5 Å². The van der Waals surface area contributed by atoms with E-state index < -0.39 is 89.8 Å². The van der Waals surface area contributed by atoms with Gasteiger partial charge in [0.05, 0.1) is 41.8 Å². The number of nitrogens with one attached hydrogen (secondary N) is 4. The highest BCUT2D eigenvalue weighted by Gasteiger charge is 2.47. The summed E-state index contributed by atoms with van der Waals surface area (Å²) in [6, 6.07) is 21.0. The number of aromatic nitrogens is 1. The standard InChI is InChI=1S/C80H111N9O16S/c1-11-52(6)73(66(102-9)46-71(97)88-38-18-22-63(88)74(103-10)53(7)64(91)44-59(76-82-37-40-106-76)41-55-19-13-12-14-20-55)87(8)77(99)62(50(2)3)45-67(93)80(34-15-16-35-80)86-79(101)105-47-57-27-30-60(31-28-57)84-75(98)58(21-17-36-83-78(81)100)43-65(92)72(51(4)5)85-68(94)49-104-48-61(90)42-56-25-23-54(24-26-56)29-32-69(95)89-39-33-70(89)96/h12-14,19-20,23-28,30-31,37,40,50-53,58-59,62-63,66,72-74H,11,15-18,21-22,29,32-36,38-39,41-49H2,1-10H3,(H,84,98)(H,85,94)(H,86,101)(H3,81,83,100)/t52-,53-,58+,59+,62-,63-,66+,72-,73-,74+/m0/s1. The van der Waals surface area contributed by atoms with Gasteiger partial charge in [-0.15, -0.1) is 11.3 Å². The van der Waals surface area contributed by atoms with E-state index in [9.17, 15) is 52.7 Å². The molecule has 2 aliphatic heterocycles. The Labute approximate surface area is 627 Å². The molecule has 0 bridgehead atoms. The number of β-lactam (4-membered cyclic amide) rings is 1. The second-order valence-corrected chi connectivity index (χ2v) is 30.4. The number of ether oxygens (including phenoxy) is 4. The molecular formula is C80H111N9O16S. The van der Waals surface area contributed by atoms with E-state index in [1.807, 2.05) is 75.2 Å². The van der Waals surface area contributed by atoms with Gasteiger partial charge < -0.3 is 55.7 Å². The zero-order valence-corrected chi connectivity index (χ0v) is 64.2. The number of rotatable bonds is 44. The second kappa shape index (κ2) is 41.5. The smallest absolute Gasteiger partial charge is 0.408 e. The molecule has 10 atom stereocenters. The number of Topliss-reactive ketones (excluding diaryl/α,β-unsaturated/α-hetero) is 4. The first kappa shape index (κ1) is 84.7. The Hall–Kier alpha value is -8.59. The largest absolute Gasteiger partial charge is 0.445 e. The van der Waals surface area contributed by atoms with Gasteiger partial charge in [0.25, 0.3) is 0 Å². The Bertz CT molecular complexity index is 3610. The van der Waals surface area contributed by atoms with Crippen molar-refractivity contribution in [3.05, 3.63) is 118 Å². The summed E-state index contributed by atoms with van der Waals surface area (Å²) in [4.78, 5) is 171. The van der Waals surface area contributed by atoms with Crippen LogP contribution < -0.4 is 27.0 Å². The van der Waals surface area contributed by atoms with Crippen LogP contribution in [-0.2, 0) is 92.8 Å². The van der Waals surface area contributed by atoms with Crippen LogP contribution in [0.1, 0.15) is 178 Å². The van der Waals surface area contributed by atoms with E-state index in [2.05, 4.69) is 38.4 Å². The van der Waals surface area contributed by atoms with E-state index in [-0.39, 0.29) is 136 Å². The minimum Gasteiger partial charge on any atom is -0.445 e. The lowest BCUT2D eigenvalue weighted by atomic mass is 9.81. The number of carbonyl (C=O) groups excluding carboxylic acids is 12. The Morgan fingerprint density at radius 1 is 0.764 bits per heavy atom. The van der Waals surface area contributed by atoms with E-state index in [4.69, 9.17) is 24.7 Å². The van der Waals surface area contributed by atoms with Gasteiger partial charge in [0.1, 0.15) is 31.1 Å². The molecule has 1 aromatic heterocycles. The molecule has 0 unspecified atom stereocenters. The Kier molecular flexibility index (Phi) is 33.2. The van der Waals surface area contributed by atoms with Gasteiger partial charge in [-0.1, -0.05) is 134 Å². The van der Waals surface area contributed by atoms with Crippen molar-refractivity contribution in [3.8, 4) is 0 Å². The number of likely N-dealkylation sites (tertiary alicyclic amines) is 2. The molecule has 1 saturated carbocycles. The number of urea groups is 1. The molecular weight excluding hydrogens is 1370 g/mol. The third-order valence-corrected chi connectivity index (χ3v) is 22.2. The van der Waals surface area contributed by atoms with Crippen molar-refractivity contribution in [2.75, 3.05) is 59.4 Å². The molecule has 3 fully saturated rings. The summed E-state index contributed by atoms with van der Waals surface area (Å²) in [5.74, 6) is -6.11.